The summed E-state index contributed by atoms with van der Waals surface area (Å²) >= 11 is 0. The van der Waals surface area contributed by atoms with E-state index in [2.05, 4.69) is 0 Å². The molecule has 0 radical (unpaired) electrons. The monoisotopic (exact) mass is 371 g/mol. The molecule has 0 unspecified atom stereocenters. The highest BCUT2D eigenvalue weighted by Gasteiger charge is 2.42. The van der Waals surface area contributed by atoms with E-state index >= 15 is 0 Å². The number of carboxylic acids is 1. The molecule has 0 fully saturated rings. The molecule has 2 aromatic rings. The second-order valence-electron chi connectivity index (χ2n) is 6.14. The Balaban J connectivity index is 1.94. The Morgan fingerprint density at radius 3 is 2.12 bits per heavy atom. The van der Waals surface area contributed by atoms with Crippen molar-refractivity contribution in [3.05, 3.63) is 76.4 Å². The molecule has 0 saturated carbocycles. The SMILES string of the molecule is CC1=C(c2ccc(C)cc2)S(=O)(=O)N(Cc2ccc(C(=O)O)cc2)C1=O. The molecule has 0 aromatic heterocycles. The van der Waals surface area contributed by atoms with Gasteiger partial charge < -0.3 is 5.11 Å². The maximum Gasteiger partial charge on any atom is 0.335 e. The number of sulfonamides is 1. The highest BCUT2D eigenvalue weighted by molar-refractivity contribution is 7.99. The summed E-state index contributed by atoms with van der Waals surface area (Å²) in [6.07, 6.45) is 0. The van der Waals surface area contributed by atoms with Crippen molar-refractivity contribution in [3.63, 3.8) is 0 Å². The number of aromatic carboxylic acids is 1. The third-order valence-corrected chi connectivity index (χ3v) is 6.21. The number of nitrogens with zero attached hydrogens (tertiary/aromatic N) is 1. The second kappa shape index (κ2) is 6.42. The number of rotatable bonds is 4. The summed E-state index contributed by atoms with van der Waals surface area (Å²) in [6, 6.07) is 12.7. The van der Waals surface area contributed by atoms with Crippen LogP contribution in [-0.2, 0) is 21.4 Å². The minimum atomic E-state index is -3.97. The van der Waals surface area contributed by atoms with Crippen molar-refractivity contribution in [1.29, 1.82) is 0 Å². The fraction of sp³-hybridized carbons (Fsp3) is 0.158. The molecule has 0 bridgehead atoms. The summed E-state index contributed by atoms with van der Waals surface area (Å²) in [6.45, 7) is 3.25. The molecule has 3 rings (SSSR count). The van der Waals surface area contributed by atoms with Crippen molar-refractivity contribution < 1.29 is 23.1 Å². The fourth-order valence-corrected chi connectivity index (χ4v) is 4.65. The number of benzene rings is 2. The first-order valence-corrected chi connectivity index (χ1v) is 9.33. The van der Waals surface area contributed by atoms with Crippen LogP contribution in [0.5, 0.6) is 0 Å². The van der Waals surface area contributed by atoms with Crippen molar-refractivity contribution in [2.75, 3.05) is 0 Å². The summed E-state index contributed by atoms with van der Waals surface area (Å²) in [4.78, 5) is 23.5. The number of carboxylic acid groups (broad SMARTS) is 1. The highest BCUT2D eigenvalue weighted by Crippen LogP contribution is 2.36. The second-order valence-corrected chi connectivity index (χ2v) is 7.94. The molecule has 0 saturated heterocycles. The zero-order valence-corrected chi connectivity index (χ0v) is 15.1. The first-order valence-electron chi connectivity index (χ1n) is 7.89. The van der Waals surface area contributed by atoms with Crippen molar-refractivity contribution >= 4 is 26.8 Å². The predicted molar refractivity (Wildman–Crippen MR) is 96.6 cm³/mol. The molecule has 1 amide bonds. The molecule has 26 heavy (non-hydrogen) atoms. The molecule has 1 N–H and O–H groups in total. The Hall–Kier alpha value is -2.93. The lowest BCUT2D eigenvalue weighted by Gasteiger charge is -2.17. The van der Waals surface area contributed by atoms with E-state index in [0.29, 0.717) is 11.1 Å². The van der Waals surface area contributed by atoms with Gasteiger partial charge in [-0.1, -0.05) is 42.0 Å². The van der Waals surface area contributed by atoms with Crippen LogP contribution in [0.2, 0.25) is 0 Å². The van der Waals surface area contributed by atoms with Gasteiger partial charge in [0.2, 0.25) is 0 Å². The highest BCUT2D eigenvalue weighted by atomic mass is 32.2. The van der Waals surface area contributed by atoms with E-state index in [4.69, 9.17) is 5.11 Å². The molecular weight excluding hydrogens is 354 g/mol. The first kappa shape index (κ1) is 17.9. The standard InChI is InChI=1S/C19H17NO5S/c1-12-3-7-15(8-4-12)17-13(2)18(21)20(26(17,24)25)11-14-5-9-16(10-6-14)19(22)23/h3-10H,11H2,1-2H3,(H,22,23). The maximum atomic E-state index is 12.9. The summed E-state index contributed by atoms with van der Waals surface area (Å²) in [7, 11) is -3.97. The quantitative estimate of drug-likeness (QED) is 0.892. The number of amides is 1. The third-order valence-electron chi connectivity index (χ3n) is 4.28. The van der Waals surface area contributed by atoms with E-state index < -0.39 is 21.9 Å². The van der Waals surface area contributed by atoms with Crippen LogP contribution in [0.3, 0.4) is 0 Å². The van der Waals surface area contributed by atoms with Crippen LogP contribution in [0, 0.1) is 6.92 Å². The fourth-order valence-electron chi connectivity index (χ4n) is 2.84. The largest absolute Gasteiger partial charge is 0.478 e. The lowest BCUT2D eigenvalue weighted by molar-refractivity contribution is -0.122. The topological polar surface area (TPSA) is 91.8 Å². The molecular formula is C19H17NO5S. The number of carbonyl (C=O) groups excluding carboxylic acids is 1. The molecule has 0 atom stereocenters. The average molecular weight is 371 g/mol. The Bertz CT molecular complexity index is 1020. The smallest absolute Gasteiger partial charge is 0.335 e. The van der Waals surface area contributed by atoms with Gasteiger partial charge in [0.05, 0.1) is 12.1 Å². The zero-order valence-electron chi connectivity index (χ0n) is 14.3. The summed E-state index contributed by atoms with van der Waals surface area (Å²) in [5, 5.41) is 8.93. The first-order chi connectivity index (χ1) is 12.2. The van der Waals surface area contributed by atoms with Gasteiger partial charge in [-0.25, -0.2) is 17.5 Å². The maximum absolute atomic E-state index is 12.9. The van der Waals surface area contributed by atoms with Gasteiger partial charge in [-0.2, -0.15) is 0 Å². The van der Waals surface area contributed by atoms with Crippen molar-refractivity contribution in [3.8, 4) is 0 Å². The number of hydrogen-bond acceptors (Lipinski definition) is 4. The molecule has 1 heterocycles. The van der Waals surface area contributed by atoms with E-state index in [1.54, 1.807) is 24.3 Å². The van der Waals surface area contributed by atoms with Gasteiger partial charge in [0, 0.05) is 5.57 Å². The Morgan fingerprint density at radius 1 is 1.00 bits per heavy atom. The lowest BCUT2D eigenvalue weighted by Crippen LogP contribution is -2.30. The summed E-state index contributed by atoms with van der Waals surface area (Å²) in [5.41, 5.74) is 2.27. The van der Waals surface area contributed by atoms with E-state index in [1.165, 1.54) is 31.2 Å². The van der Waals surface area contributed by atoms with Crippen LogP contribution in [-0.4, -0.2) is 29.7 Å². The molecule has 0 spiro atoms. The van der Waals surface area contributed by atoms with Gasteiger partial charge in [0.1, 0.15) is 4.91 Å². The van der Waals surface area contributed by atoms with Gasteiger partial charge in [-0.05, 0) is 37.1 Å². The van der Waals surface area contributed by atoms with Crippen LogP contribution >= 0.6 is 0 Å². The summed E-state index contributed by atoms with van der Waals surface area (Å²) < 4.78 is 26.7. The zero-order chi connectivity index (χ0) is 19.1. The molecule has 6 nitrogen and oxygen atoms in total. The van der Waals surface area contributed by atoms with Crippen molar-refractivity contribution in [1.82, 2.24) is 4.31 Å². The van der Waals surface area contributed by atoms with E-state index in [9.17, 15) is 18.0 Å². The van der Waals surface area contributed by atoms with Crippen molar-refractivity contribution in [2.45, 2.75) is 20.4 Å². The summed E-state index contributed by atoms with van der Waals surface area (Å²) in [5.74, 6) is -1.64. The Morgan fingerprint density at radius 2 is 1.58 bits per heavy atom. The Kier molecular flexibility index (Phi) is 4.41. The minimum Gasteiger partial charge on any atom is -0.478 e. The normalized spacial score (nSPS) is 16.2. The average Bonchev–Trinajstić information content (AvgIpc) is 2.76. The predicted octanol–water partition coefficient (Wildman–Crippen LogP) is 2.80. The van der Waals surface area contributed by atoms with Gasteiger partial charge in [-0.15, -0.1) is 0 Å². The van der Waals surface area contributed by atoms with Crippen LogP contribution < -0.4 is 0 Å². The van der Waals surface area contributed by atoms with Gasteiger partial charge >= 0.3 is 5.97 Å². The van der Waals surface area contributed by atoms with E-state index in [0.717, 1.165) is 9.87 Å². The molecule has 7 heteroatoms. The molecule has 1 aliphatic rings. The number of aryl methyl sites for hydroxylation is 1. The van der Waals surface area contributed by atoms with Gasteiger partial charge in [0.25, 0.3) is 15.9 Å². The number of carbonyl (C=O) groups is 2. The van der Waals surface area contributed by atoms with Crippen LogP contribution in [0.4, 0.5) is 0 Å². The van der Waals surface area contributed by atoms with Crippen LogP contribution in [0.15, 0.2) is 54.1 Å². The van der Waals surface area contributed by atoms with E-state index in [-0.39, 0.29) is 22.6 Å². The lowest BCUT2D eigenvalue weighted by atomic mass is 10.1. The molecule has 2 aromatic carbocycles. The number of hydrogen-bond donors (Lipinski definition) is 1. The minimum absolute atomic E-state index is 0.0182. The van der Waals surface area contributed by atoms with Gasteiger partial charge in [-0.3, -0.25) is 4.79 Å². The van der Waals surface area contributed by atoms with Crippen LogP contribution in [0.25, 0.3) is 4.91 Å². The molecule has 134 valence electrons. The van der Waals surface area contributed by atoms with Gasteiger partial charge in [0.15, 0.2) is 0 Å². The van der Waals surface area contributed by atoms with E-state index in [1.807, 2.05) is 6.92 Å². The molecule has 1 aliphatic heterocycles. The molecule has 0 aliphatic carbocycles. The Labute approximate surface area is 151 Å². The van der Waals surface area contributed by atoms with Crippen molar-refractivity contribution in [2.24, 2.45) is 0 Å². The third kappa shape index (κ3) is 3.01. The van der Waals surface area contributed by atoms with Crippen LogP contribution in [0.1, 0.15) is 34.0 Å².